The summed E-state index contributed by atoms with van der Waals surface area (Å²) in [7, 11) is 0.535. The maximum absolute atomic E-state index is 13.1. The maximum Gasteiger partial charge on any atom is 0.128 e. The van der Waals surface area contributed by atoms with Crippen LogP contribution in [0, 0.1) is 13.8 Å². The Morgan fingerprint density at radius 3 is 2.61 bits per heavy atom. The number of ether oxygens (including phenoxy) is 1. The van der Waals surface area contributed by atoms with Crippen LogP contribution in [-0.4, -0.2) is 28.8 Å². The van der Waals surface area contributed by atoms with Gasteiger partial charge in [0.25, 0.3) is 0 Å². The highest BCUT2D eigenvalue weighted by molar-refractivity contribution is 7.82. The molecule has 3 nitrogen and oxygen atoms in total. The second-order valence-electron chi connectivity index (χ2n) is 6.07. The molecule has 0 saturated heterocycles. The number of benzene rings is 2. The third-order valence-corrected chi connectivity index (χ3v) is 6.03. The van der Waals surface area contributed by atoms with Crippen LogP contribution in [0.15, 0.2) is 47.4 Å². The van der Waals surface area contributed by atoms with Crippen molar-refractivity contribution >= 4 is 11.0 Å². The molecule has 2 aromatic carbocycles. The molecule has 0 aromatic heterocycles. The number of hydrogen-bond acceptors (Lipinski definition) is 2. The van der Waals surface area contributed by atoms with E-state index in [1.165, 1.54) is 22.3 Å². The topological polar surface area (TPSA) is 29.5 Å². The Hall–Kier alpha value is -1.49. The van der Waals surface area contributed by atoms with Crippen LogP contribution in [0.4, 0.5) is 0 Å². The third-order valence-electron chi connectivity index (χ3n) is 4.50. The normalized spacial score (nSPS) is 19.3. The third kappa shape index (κ3) is 3.25. The lowest BCUT2D eigenvalue weighted by Crippen LogP contribution is -2.39. The lowest BCUT2D eigenvalue weighted by atomic mass is 9.91. The molecule has 0 aliphatic carbocycles. The van der Waals surface area contributed by atoms with Gasteiger partial charge in [0.1, 0.15) is 11.0 Å². The van der Waals surface area contributed by atoms with Gasteiger partial charge < -0.3 is 4.74 Å². The van der Waals surface area contributed by atoms with E-state index < -0.39 is 11.0 Å². The monoisotopic (exact) mass is 329 g/mol. The van der Waals surface area contributed by atoms with E-state index in [1.807, 2.05) is 31.2 Å². The van der Waals surface area contributed by atoms with E-state index in [0.29, 0.717) is 6.61 Å². The summed E-state index contributed by atoms with van der Waals surface area (Å²) in [5.74, 6) is 0. The smallest absolute Gasteiger partial charge is 0.128 e. The largest absolute Gasteiger partial charge is 0.383 e. The Kier molecular flexibility index (Phi) is 4.95. The van der Waals surface area contributed by atoms with E-state index in [0.717, 1.165) is 17.9 Å². The van der Waals surface area contributed by atoms with Gasteiger partial charge >= 0.3 is 0 Å². The van der Waals surface area contributed by atoms with Crippen molar-refractivity contribution in [2.24, 2.45) is 0 Å². The molecule has 0 N–H and O–H groups in total. The zero-order valence-electron chi connectivity index (χ0n) is 13.9. The van der Waals surface area contributed by atoms with Gasteiger partial charge in [-0.05, 0) is 49.1 Å². The Morgan fingerprint density at radius 1 is 1.17 bits per heavy atom. The second-order valence-corrected chi connectivity index (χ2v) is 7.51. The molecule has 0 amide bonds. The minimum Gasteiger partial charge on any atom is -0.383 e. The van der Waals surface area contributed by atoms with Crippen LogP contribution in [0.5, 0.6) is 0 Å². The first-order valence-electron chi connectivity index (χ1n) is 7.94. The van der Waals surface area contributed by atoms with Crippen molar-refractivity contribution < 1.29 is 8.95 Å². The summed E-state index contributed by atoms with van der Waals surface area (Å²) >= 11 is 0. The number of hydrogen-bond donors (Lipinski definition) is 0. The fourth-order valence-corrected chi connectivity index (χ4v) is 4.53. The molecule has 2 atom stereocenters. The lowest BCUT2D eigenvalue weighted by molar-refractivity contribution is 0.131. The van der Waals surface area contributed by atoms with Crippen molar-refractivity contribution in [3.05, 3.63) is 64.7 Å². The highest BCUT2D eigenvalue weighted by atomic mass is 32.2. The first-order chi connectivity index (χ1) is 11.1. The van der Waals surface area contributed by atoms with Crippen molar-refractivity contribution in [3.63, 3.8) is 0 Å². The summed E-state index contributed by atoms with van der Waals surface area (Å²) in [6.45, 7) is 5.52. The molecule has 1 aliphatic heterocycles. The lowest BCUT2D eigenvalue weighted by Gasteiger charge is -2.36. The summed E-state index contributed by atoms with van der Waals surface area (Å²) in [4.78, 5) is 0.854. The molecular weight excluding hydrogens is 306 g/mol. The summed E-state index contributed by atoms with van der Waals surface area (Å²) < 4.78 is 20.6. The van der Waals surface area contributed by atoms with Gasteiger partial charge in [-0.3, -0.25) is 0 Å². The first-order valence-corrected chi connectivity index (χ1v) is 9.05. The van der Waals surface area contributed by atoms with Crippen molar-refractivity contribution in [1.29, 1.82) is 0 Å². The van der Waals surface area contributed by atoms with Gasteiger partial charge in [0.2, 0.25) is 0 Å². The highest BCUT2D eigenvalue weighted by Crippen LogP contribution is 2.34. The molecule has 1 aliphatic rings. The van der Waals surface area contributed by atoms with Crippen LogP contribution in [0.1, 0.15) is 28.3 Å². The minimum atomic E-state index is -1.17. The zero-order valence-corrected chi connectivity index (χ0v) is 14.7. The molecule has 0 bridgehead atoms. The second kappa shape index (κ2) is 6.95. The van der Waals surface area contributed by atoms with E-state index >= 15 is 0 Å². The van der Waals surface area contributed by atoms with Gasteiger partial charge in [0.05, 0.1) is 17.5 Å². The predicted octanol–water partition coefficient (Wildman–Crippen LogP) is 3.57. The van der Waals surface area contributed by atoms with E-state index in [1.54, 1.807) is 7.11 Å². The number of fused-ring (bicyclic) bond motifs is 1. The van der Waals surface area contributed by atoms with Crippen molar-refractivity contribution in [2.45, 2.75) is 31.2 Å². The van der Waals surface area contributed by atoms with Gasteiger partial charge in [-0.15, -0.1) is 0 Å². The molecule has 4 heteroatoms. The average Bonchev–Trinajstić information content (AvgIpc) is 2.56. The summed E-state index contributed by atoms with van der Waals surface area (Å²) in [5, 5.41) is 0. The van der Waals surface area contributed by atoms with Gasteiger partial charge in [-0.25, -0.2) is 8.51 Å². The van der Waals surface area contributed by atoms with E-state index in [-0.39, 0.29) is 6.04 Å². The Balaban J connectivity index is 1.95. The van der Waals surface area contributed by atoms with Crippen LogP contribution < -0.4 is 0 Å². The molecule has 0 radical (unpaired) electrons. The van der Waals surface area contributed by atoms with Crippen LogP contribution in [-0.2, 0) is 22.1 Å². The molecule has 1 heterocycles. The number of aryl methyl sites for hydroxylation is 2. The molecule has 0 spiro atoms. The summed E-state index contributed by atoms with van der Waals surface area (Å²) in [6, 6.07) is 14.4. The molecular formula is C19H23NO2S. The maximum atomic E-state index is 13.1. The quantitative estimate of drug-likeness (QED) is 0.858. The first kappa shape index (κ1) is 16.4. The van der Waals surface area contributed by atoms with Gasteiger partial charge in [-0.2, -0.15) is 0 Å². The molecule has 23 heavy (non-hydrogen) atoms. The molecule has 122 valence electrons. The molecule has 3 rings (SSSR count). The standard InChI is InChI=1S/C19H23NO2S/c1-14-7-9-16(10-8-14)23(21)20-12-11-17-15(2)5-4-6-18(17)19(20)13-22-3/h4-10,19H,11-13H2,1-3H3. The summed E-state index contributed by atoms with van der Waals surface area (Å²) in [6.07, 6.45) is 0.930. The molecule has 2 aromatic rings. The zero-order chi connectivity index (χ0) is 16.4. The van der Waals surface area contributed by atoms with Crippen LogP contribution in [0.2, 0.25) is 0 Å². The van der Waals surface area contributed by atoms with Crippen LogP contribution in [0.3, 0.4) is 0 Å². The van der Waals surface area contributed by atoms with Crippen molar-refractivity contribution in [2.75, 3.05) is 20.3 Å². The van der Waals surface area contributed by atoms with E-state index in [2.05, 4.69) is 29.4 Å². The number of rotatable bonds is 4. The molecule has 0 saturated carbocycles. The van der Waals surface area contributed by atoms with Crippen LogP contribution >= 0.6 is 0 Å². The Morgan fingerprint density at radius 2 is 1.91 bits per heavy atom. The fraction of sp³-hybridized carbons (Fsp3) is 0.368. The van der Waals surface area contributed by atoms with E-state index in [9.17, 15) is 4.21 Å². The number of nitrogens with zero attached hydrogens (tertiary/aromatic N) is 1. The van der Waals surface area contributed by atoms with Crippen molar-refractivity contribution in [3.8, 4) is 0 Å². The SMILES string of the molecule is COCC1c2cccc(C)c2CCN1S(=O)c1ccc(C)cc1. The Bertz CT molecular complexity index is 712. The average molecular weight is 329 g/mol. The summed E-state index contributed by atoms with van der Waals surface area (Å²) in [5.41, 5.74) is 5.12. The van der Waals surface area contributed by atoms with Gasteiger partial charge in [0.15, 0.2) is 0 Å². The fourth-order valence-electron chi connectivity index (χ4n) is 3.23. The van der Waals surface area contributed by atoms with E-state index in [4.69, 9.17) is 4.74 Å². The molecule has 2 unspecified atom stereocenters. The van der Waals surface area contributed by atoms with Gasteiger partial charge in [-0.1, -0.05) is 35.9 Å². The Labute approximate surface area is 140 Å². The van der Waals surface area contributed by atoms with Gasteiger partial charge in [0, 0.05) is 13.7 Å². The molecule has 0 fully saturated rings. The number of methoxy groups -OCH3 is 1. The highest BCUT2D eigenvalue weighted by Gasteiger charge is 2.32. The predicted molar refractivity (Wildman–Crippen MR) is 93.8 cm³/mol. The minimum absolute atomic E-state index is 0.0331. The van der Waals surface area contributed by atoms with Crippen LogP contribution in [0.25, 0.3) is 0 Å². The van der Waals surface area contributed by atoms with Crippen molar-refractivity contribution in [1.82, 2.24) is 4.31 Å².